The number of thiol groups is 1. The largest absolute Gasteiger partial charge is 0.272 e. The summed E-state index contributed by atoms with van der Waals surface area (Å²) >= 11 is 5.15. The fourth-order valence-electron chi connectivity index (χ4n) is 1.58. The molecule has 1 rings (SSSR count). The van der Waals surface area contributed by atoms with Crippen molar-refractivity contribution in [3.63, 3.8) is 0 Å². The van der Waals surface area contributed by atoms with Crippen molar-refractivity contribution in [2.24, 2.45) is 0 Å². The van der Waals surface area contributed by atoms with Gasteiger partial charge in [0.05, 0.1) is 16.4 Å². The van der Waals surface area contributed by atoms with E-state index in [1.54, 1.807) is 13.0 Å². The van der Waals surface area contributed by atoms with Crippen molar-refractivity contribution in [1.29, 1.82) is 0 Å². The third kappa shape index (κ3) is 4.63. The van der Waals surface area contributed by atoms with Gasteiger partial charge in [-0.15, -0.1) is 11.8 Å². The maximum absolute atomic E-state index is 12.0. The van der Waals surface area contributed by atoms with Crippen LogP contribution in [-0.2, 0) is 9.59 Å². The molecule has 0 spiro atoms. The maximum Gasteiger partial charge on any atom is 0.269 e. The van der Waals surface area contributed by atoms with Crippen LogP contribution in [0.15, 0.2) is 23.1 Å². The number of hydrazine groups is 1. The summed E-state index contributed by atoms with van der Waals surface area (Å²) in [5.74, 6) is -0.390. The molecule has 0 saturated carbocycles. The van der Waals surface area contributed by atoms with Crippen LogP contribution < -0.4 is 0 Å². The number of hydrogen-bond donors (Lipinski definition) is 1. The Morgan fingerprint density at radius 3 is 2.36 bits per heavy atom. The van der Waals surface area contributed by atoms with Crippen LogP contribution in [-0.4, -0.2) is 52.4 Å². The molecule has 0 atom stereocenters. The van der Waals surface area contributed by atoms with E-state index in [4.69, 9.17) is 0 Å². The Bertz CT molecular complexity index is 595. The standard InChI is InChI=1S/C13H17N3O4S2/c1-9-6-10(16(19)20)4-5-11(9)22-8-13(18)15(3)14(2)12(17)7-21/h4-6,21H,7-8H2,1-3H3. The first-order chi connectivity index (χ1) is 10.3. The van der Waals surface area contributed by atoms with Crippen molar-refractivity contribution >= 4 is 41.9 Å². The van der Waals surface area contributed by atoms with Crippen molar-refractivity contribution < 1.29 is 14.5 Å². The molecule has 0 heterocycles. The van der Waals surface area contributed by atoms with E-state index in [1.807, 2.05) is 0 Å². The van der Waals surface area contributed by atoms with Crippen LogP contribution in [0.2, 0.25) is 0 Å². The van der Waals surface area contributed by atoms with E-state index in [-0.39, 0.29) is 29.0 Å². The third-order valence-corrected chi connectivity index (χ3v) is 4.46. The molecule has 0 aliphatic heterocycles. The molecule has 0 N–H and O–H groups in total. The molecule has 1 aromatic rings. The molecule has 9 heteroatoms. The number of rotatable bonds is 5. The molecule has 0 aliphatic carbocycles. The smallest absolute Gasteiger partial charge is 0.269 e. The van der Waals surface area contributed by atoms with E-state index >= 15 is 0 Å². The second-order valence-corrected chi connectivity index (χ2v) is 5.82. The molecule has 0 fully saturated rings. The van der Waals surface area contributed by atoms with Crippen LogP contribution in [0.3, 0.4) is 0 Å². The lowest BCUT2D eigenvalue weighted by Gasteiger charge is -2.27. The third-order valence-electron chi connectivity index (χ3n) is 3.03. The average Bonchev–Trinajstić information content (AvgIpc) is 2.50. The number of aryl methyl sites for hydroxylation is 1. The topological polar surface area (TPSA) is 83.8 Å². The fourth-order valence-corrected chi connectivity index (χ4v) is 2.70. The average molecular weight is 343 g/mol. The zero-order chi connectivity index (χ0) is 16.9. The zero-order valence-corrected chi connectivity index (χ0v) is 14.2. The van der Waals surface area contributed by atoms with Crippen LogP contribution in [0.25, 0.3) is 0 Å². The van der Waals surface area contributed by atoms with Crippen LogP contribution in [0.4, 0.5) is 5.69 Å². The number of non-ortho nitro benzene ring substituents is 1. The second kappa shape index (κ2) is 8.04. The molecule has 1 aromatic carbocycles. The maximum atomic E-state index is 12.0. The van der Waals surface area contributed by atoms with E-state index in [0.717, 1.165) is 10.5 Å². The number of amides is 2. The van der Waals surface area contributed by atoms with E-state index in [0.29, 0.717) is 0 Å². The molecular formula is C13H17N3O4S2. The van der Waals surface area contributed by atoms with Gasteiger partial charge >= 0.3 is 0 Å². The Balaban J connectivity index is 2.68. The SMILES string of the molecule is Cc1cc([N+](=O)[O-])ccc1SCC(=O)N(C)N(C)C(=O)CS. The summed E-state index contributed by atoms with van der Waals surface area (Å²) in [5, 5.41) is 13.1. The highest BCUT2D eigenvalue weighted by atomic mass is 32.2. The van der Waals surface area contributed by atoms with Crippen molar-refractivity contribution in [3.05, 3.63) is 33.9 Å². The Labute approximate surface area is 138 Å². The van der Waals surface area contributed by atoms with Gasteiger partial charge in [0.2, 0.25) is 0 Å². The normalized spacial score (nSPS) is 10.2. The summed E-state index contributed by atoms with van der Waals surface area (Å²) in [4.78, 5) is 34.5. The minimum atomic E-state index is -0.460. The highest BCUT2D eigenvalue weighted by Crippen LogP contribution is 2.26. The van der Waals surface area contributed by atoms with Crippen LogP contribution >= 0.6 is 24.4 Å². The predicted molar refractivity (Wildman–Crippen MR) is 88.0 cm³/mol. The quantitative estimate of drug-likeness (QED) is 0.381. The van der Waals surface area contributed by atoms with Gasteiger partial charge in [-0.25, -0.2) is 0 Å². The van der Waals surface area contributed by atoms with Gasteiger partial charge in [0.25, 0.3) is 17.5 Å². The van der Waals surface area contributed by atoms with Gasteiger partial charge in [0, 0.05) is 31.1 Å². The van der Waals surface area contributed by atoms with E-state index in [1.165, 1.54) is 48.0 Å². The Hall–Kier alpha value is -1.74. The monoisotopic (exact) mass is 343 g/mol. The van der Waals surface area contributed by atoms with Crippen molar-refractivity contribution in [2.75, 3.05) is 25.6 Å². The molecule has 0 aromatic heterocycles. The minimum Gasteiger partial charge on any atom is -0.272 e. The number of benzene rings is 1. The van der Waals surface area contributed by atoms with Gasteiger partial charge in [-0.05, 0) is 18.6 Å². The zero-order valence-electron chi connectivity index (χ0n) is 12.5. The number of hydrogen-bond acceptors (Lipinski definition) is 6. The summed E-state index contributed by atoms with van der Waals surface area (Å²) in [7, 11) is 3.01. The molecule has 0 unspecified atom stereocenters. The lowest BCUT2D eigenvalue weighted by molar-refractivity contribution is -0.385. The molecule has 0 aliphatic rings. The van der Waals surface area contributed by atoms with Crippen LogP contribution in [0.5, 0.6) is 0 Å². The fraction of sp³-hybridized carbons (Fsp3) is 0.385. The molecular weight excluding hydrogens is 326 g/mol. The van der Waals surface area contributed by atoms with Crippen LogP contribution in [0.1, 0.15) is 5.56 Å². The van der Waals surface area contributed by atoms with Gasteiger partial charge in [0.15, 0.2) is 0 Å². The van der Waals surface area contributed by atoms with E-state index in [2.05, 4.69) is 12.6 Å². The number of nitro groups is 1. The summed E-state index contributed by atoms with van der Waals surface area (Å²) in [6.45, 7) is 1.75. The minimum absolute atomic E-state index is 0.0166. The Morgan fingerprint density at radius 2 is 1.86 bits per heavy atom. The summed E-state index contributed by atoms with van der Waals surface area (Å²) in [6, 6.07) is 4.49. The van der Waals surface area contributed by atoms with Gasteiger partial charge in [-0.1, -0.05) is 0 Å². The molecule has 2 amide bonds. The van der Waals surface area contributed by atoms with Crippen molar-refractivity contribution in [1.82, 2.24) is 10.0 Å². The lowest BCUT2D eigenvalue weighted by atomic mass is 10.2. The number of nitro benzene ring substituents is 1. The second-order valence-electron chi connectivity index (χ2n) is 4.49. The molecule has 22 heavy (non-hydrogen) atoms. The first-order valence-corrected chi connectivity index (χ1v) is 7.91. The summed E-state index contributed by atoms with van der Waals surface area (Å²) in [6.07, 6.45) is 0. The summed E-state index contributed by atoms with van der Waals surface area (Å²) in [5.41, 5.74) is 0.749. The number of nitrogens with zero attached hydrogens (tertiary/aromatic N) is 3. The molecule has 0 radical (unpaired) electrons. The molecule has 7 nitrogen and oxygen atoms in total. The number of carbonyl (C=O) groups excluding carboxylic acids is 2. The number of carbonyl (C=O) groups is 2. The van der Waals surface area contributed by atoms with Gasteiger partial charge in [-0.2, -0.15) is 12.6 Å². The number of thioether (sulfide) groups is 1. The van der Waals surface area contributed by atoms with Crippen molar-refractivity contribution in [3.8, 4) is 0 Å². The van der Waals surface area contributed by atoms with Gasteiger partial charge in [-0.3, -0.25) is 29.7 Å². The predicted octanol–water partition coefficient (Wildman–Crippen LogP) is 1.76. The lowest BCUT2D eigenvalue weighted by Crippen LogP contribution is -2.46. The van der Waals surface area contributed by atoms with Crippen LogP contribution in [0, 0.1) is 17.0 Å². The van der Waals surface area contributed by atoms with E-state index < -0.39 is 4.92 Å². The molecule has 120 valence electrons. The molecule has 0 bridgehead atoms. The molecule has 0 saturated heterocycles. The first-order valence-electron chi connectivity index (χ1n) is 6.29. The van der Waals surface area contributed by atoms with Crippen molar-refractivity contribution in [2.45, 2.75) is 11.8 Å². The first kappa shape index (κ1) is 18.3. The Kier molecular flexibility index (Phi) is 6.69. The van der Waals surface area contributed by atoms with Gasteiger partial charge < -0.3 is 0 Å². The highest BCUT2D eigenvalue weighted by molar-refractivity contribution is 8.00. The van der Waals surface area contributed by atoms with E-state index in [9.17, 15) is 19.7 Å². The summed E-state index contributed by atoms with van der Waals surface area (Å²) < 4.78 is 0. The highest BCUT2D eigenvalue weighted by Gasteiger charge is 2.18. The Morgan fingerprint density at radius 1 is 1.27 bits per heavy atom. The van der Waals surface area contributed by atoms with Gasteiger partial charge in [0.1, 0.15) is 0 Å².